The SMILES string of the molecule is COC(=O)c1cc2c(Oc3ccc(C=CC(=O)N4CCOCC4)cc3)cncc2s1. The molecular formula is C22H20N2O5S. The van der Waals surface area contributed by atoms with Crippen LogP contribution in [0.4, 0.5) is 0 Å². The Morgan fingerprint density at radius 3 is 2.67 bits per heavy atom. The molecule has 0 radical (unpaired) electrons. The number of rotatable bonds is 5. The number of hydrogen-bond donors (Lipinski definition) is 0. The number of fused-ring (bicyclic) bond motifs is 1. The minimum absolute atomic E-state index is 0.0183. The standard InChI is InChI=1S/C22H20N2O5S/c1-27-22(26)19-12-17-18(13-23-14-20(17)30-19)29-16-5-2-15(3-6-16)4-7-21(25)24-8-10-28-11-9-24/h2-7,12-14H,8-11H2,1H3. The van der Waals surface area contributed by atoms with E-state index in [9.17, 15) is 9.59 Å². The number of hydrogen-bond acceptors (Lipinski definition) is 7. The number of amides is 1. The van der Waals surface area contributed by atoms with Crippen LogP contribution in [-0.2, 0) is 14.3 Å². The van der Waals surface area contributed by atoms with E-state index >= 15 is 0 Å². The molecule has 1 aliphatic heterocycles. The molecular weight excluding hydrogens is 404 g/mol. The van der Waals surface area contributed by atoms with Crippen LogP contribution in [0.1, 0.15) is 15.2 Å². The normalized spacial score (nSPS) is 14.2. The molecule has 7 nitrogen and oxygen atoms in total. The van der Waals surface area contributed by atoms with Gasteiger partial charge in [0.15, 0.2) is 5.75 Å². The summed E-state index contributed by atoms with van der Waals surface area (Å²) in [7, 11) is 1.35. The first-order valence-corrected chi connectivity index (χ1v) is 10.2. The lowest BCUT2D eigenvalue weighted by Gasteiger charge is -2.25. The minimum Gasteiger partial charge on any atom is -0.465 e. The zero-order valence-electron chi connectivity index (χ0n) is 16.4. The fourth-order valence-corrected chi connectivity index (χ4v) is 4.01. The van der Waals surface area contributed by atoms with Crippen molar-refractivity contribution in [2.24, 2.45) is 0 Å². The van der Waals surface area contributed by atoms with E-state index in [1.807, 2.05) is 24.3 Å². The van der Waals surface area contributed by atoms with Crippen molar-refractivity contribution in [2.45, 2.75) is 0 Å². The highest BCUT2D eigenvalue weighted by molar-refractivity contribution is 7.20. The maximum absolute atomic E-state index is 12.2. The molecule has 3 heterocycles. The van der Waals surface area contributed by atoms with Gasteiger partial charge in [-0.3, -0.25) is 9.78 Å². The van der Waals surface area contributed by atoms with Crippen LogP contribution in [0.5, 0.6) is 11.5 Å². The van der Waals surface area contributed by atoms with Gasteiger partial charge in [0.2, 0.25) is 5.91 Å². The summed E-state index contributed by atoms with van der Waals surface area (Å²) >= 11 is 1.31. The summed E-state index contributed by atoms with van der Waals surface area (Å²) in [5.41, 5.74) is 0.892. The van der Waals surface area contributed by atoms with E-state index in [1.165, 1.54) is 18.4 Å². The summed E-state index contributed by atoms with van der Waals surface area (Å²) < 4.78 is 16.9. The van der Waals surface area contributed by atoms with Crippen LogP contribution in [0, 0.1) is 0 Å². The van der Waals surface area contributed by atoms with Gasteiger partial charge in [0.05, 0.1) is 31.2 Å². The number of thiophene rings is 1. The van der Waals surface area contributed by atoms with E-state index in [0.717, 1.165) is 15.6 Å². The number of methoxy groups -OCH3 is 1. The molecule has 0 saturated carbocycles. The topological polar surface area (TPSA) is 78.0 Å². The lowest BCUT2D eigenvalue weighted by atomic mass is 10.2. The van der Waals surface area contributed by atoms with Gasteiger partial charge in [-0.05, 0) is 29.8 Å². The molecule has 154 valence electrons. The predicted octanol–water partition coefficient (Wildman–Crippen LogP) is 3.75. The average molecular weight is 424 g/mol. The third kappa shape index (κ3) is 4.50. The molecule has 0 aliphatic carbocycles. The molecule has 1 fully saturated rings. The number of pyridine rings is 1. The van der Waals surface area contributed by atoms with Crippen molar-refractivity contribution >= 4 is 39.4 Å². The lowest BCUT2D eigenvalue weighted by Crippen LogP contribution is -2.39. The smallest absolute Gasteiger partial charge is 0.348 e. The first-order chi connectivity index (χ1) is 14.6. The van der Waals surface area contributed by atoms with E-state index in [4.69, 9.17) is 14.2 Å². The molecule has 4 rings (SSSR count). The first-order valence-electron chi connectivity index (χ1n) is 9.42. The summed E-state index contributed by atoms with van der Waals surface area (Å²) in [6, 6.07) is 9.15. The quantitative estimate of drug-likeness (QED) is 0.459. The highest BCUT2D eigenvalue weighted by atomic mass is 32.1. The van der Waals surface area contributed by atoms with E-state index in [1.54, 1.807) is 35.5 Å². The van der Waals surface area contributed by atoms with Gasteiger partial charge in [0.1, 0.15) is 10.6 Å². The Hall–Kier alpha value is -3.23. The Balaban J connectivity index is 1.46. The molecule has 1 saturated heterocycles. The Bertz CT molecular complexity index is 1080. The Labute approximate surface area is 177 Å². The molecule has 2 aromatic heterocycles. The molecule has 0 spiro atoms. The van der Waals surface area contributed by atoms with E-state index in [2.05, 4.69) is 4.98 Å². The monoisotopic (exact) mass is 424 g/mol. The van der Waals surface area contributed by atoms with Crippen LogP contribution in [0.15, 0.2) is 48.8 Å². The van der Waals surface area contributed by atoms with Crippen LogP contribution < -0.4 is 4.74 Å². The zero-order chi connectivity index (χ0) is 20.9. The van der Waals surface area contributed by atoms with Gasteiger partial charge in [-0.25, -0.2) is 4.79 Å². The Morgan fingerprint density at radius 1 is 1.17 bits per heavy atom. The summed E-state index contributed by atoms with van der Waals surface area (Å²) in [6.07, 6.45) is 6.67. The number of esters is 1. The number of benzene rings is 1. The third-order valence-electron chi connectivity index (χ3n) is 4.65. The Kier molecular flexibility index (Phi) is 6.06. The summed E-state index contributed by atoms with van der Waals surface area (Å²) in [4.78, 5) is 30.4. The highest BCUT2D eigenvalue weighted by Crippen LogP contribution is 2.34. The molecule has 1 aromatic carbocycles. The van der Waals surface area contributed by atoms with E-state index in [0.29, 0.717) is 42.7 Å². The van der Waals surface area contributed by atoms with Crippen molar-refractivity contribution in [1.29, 1.82) is 0 Å². The number of ether oxygens (including phenoxy) is 3. The fourth-order valence-electron chi connectivity index (χ4n) is 3.05. The van der Waals surface area contributed by atoms with Crippen LogP contribution in [0.2, 0.25) is 0 Å². The van der Waals surface area contributed by atoms with Crippen LogP contribution >= 0.6 is 11.3 Å². The second-order valence-corrected chi connectivity index (χ2v) is 7.68. The average Bonchev–Trinajstić information content (AvgIpc) is 3.24. The molecule has 0 N–H and O–H groups in total. The molecule has 3 aromatic rings. The van der Waals surface area contributed by atoms with Crippen LogP contribution in [-0.4, -0.2) is 55.2 Å². The van der Waals surface area contributed by atoms with Crippen LogP contribution in [0.3, 0.4) is 0 Å². The second kappa shape index (κ2) is 9.06. The molecule has 30 heavy (non-hydrogen) atoms. The van der Waals surface area contributed by atoms with Gasteiger partial charge in [-0.1, -0.05) is 12.1 Å². The number of nitrogens with zero attached hydrogens (tertiary/aromatic N) is 2. The van der Waals surface area contributed by atoms with Crippen LogP contribution in [0.25, 0.3) is 16.2 Å². The molecule has 0 atom stereocenters. The van der Waals surface area contributed by atoms with Gasteiger partial charge in [0, 0.05) is 30.7 Å². The number of aromatic nitrogens is 1. The molecule has 8 heteroatoms. The van der Waals surface area contributed by atoms with Gasteiger partial charge in [-0.2, -0.15) is 0 Å². The fraction of sp³-hybridized carbons (Fsp3) is 0.227. The van der Waals surface area contributed by atoms with Crippen molar-refractivity contribution in [2.75, 3.05) is 33.4 Å². The highest BCUT2D eigenvalue weighted by Gasteiger charge is 2.15. The number of carbonyl (C=O) groups is 2. The summed E-state index contributed by atoms with van der Waals surface area (Å²) in [5.74, 6) is 0.789. The van der Waals surface area contributed by atoms with Crippen molar-refractivity contribution in [1.82, 2.24) is 9.88 Å². The largest absolute Gasteiger partial charge is 0.465 e. The summed E-state index contributed by atoms with van der Waals surface area (Å²) in [6.45, 7) is 2.41. The number of carbonyl (C=O) groups excluding carboxylic acids is 2. The third-order valence-corrected chi connectivity index (χ3v) is 5.70. The van der Waals surface area contributed by atoms with Crippen molar-refractivity contribution in [3.05, 3.63) is 59.2 Å². The van der Waals surface area contributed by atoms with Crippen molar-refractivity contribution < 1.29 is 23.8 Å². The molecule has 1 aliphatic rings. The van der Waals surface area contributed by atoms with Crippen molar-refractivity contribution in [3.8, 4) is 11.5 Å². The van der Waals surface area contributed by atoms with Gasteiger partial charge in [-0.15, -0.1) is 11.3 Å². The van der Waals surface area contributed by atoms with Crippen molar-refractivity contribution in [3.63, 3.8) is 0 Å². The minimum atomic E-state index is -0.384. The van der Waals surface area contributed by atoms with E-state index in [-0.39, 0.29) is 11.9 Å². The predicted molar refractivity (Wildman–Crippen MR) is 114 cm³/mol. The van der Waals surface area contributed by atoms with Gasteiger partial charge >= 0.3 is 5.97 Å². The van der Waals surface area contributed by atoms with Gasteiger partial charge < -0.3 is 19.1 Å². The first kappa shape index (κ1) is 20.1. The maximum atomic E-state index is 12.2. The van der Waals surface area contributed by atoms with Gasteiger partial charge in [0.25, 0.3) is 0 Å². The summed E-state index contributed by atoms with van der Waals surface area (Å²) in [5, 5.41) is 0.801. The molecule has 0 bridgehead atoms. The molecule has 0 unspecified atom stereocenters. The second-order valence-electron chi connectivity index (χ2n) is 6.59. The lowest BCUT2D eigenvalue weighted by molar-refractivity contribution is -0.129. The zero-order valence-corrected chi connectivity index (χ0v) is 17.2. The van der Waals surface area contributed by atoms with E-state index < -0.39 is 0 Å². The number of morpholine rings is 1. The maximum Gasteiger partial charge on any atom is 0.348 e. The molecule has 1 amide bonds. The Morgan fingerprint density at radius 2 is 1.93 bits per heavy atom.